The minimum Gasteiger partial charge on any atom is -0.479 e. The first-order valence-electron chi connectivity index (χ1n) is 27.3. The average molecular weight is 973 g/mol. The van der Waals surface area contributed by atoms with Gasteiger partial charge in [0.2, 0.25) is 0 Å². The third kappa shape index (κ3) is 36.1. The number of carboxylic acid groups (broad SMARTS) is 1. The predicted octanol–water partition coefficient (Wildman–Crippen LogP) is 13.2. The van der Waals surface area contributed by atoms with Gasteiger partial charge in [-0.05, 0) is 83.5 Å². The van der Waals surface area contributed by atoms with Gasteiger partial charge >= 0.3 is 23.9 Å². The molecule has 1 saturated heterocycles. The number of hydrogen-bond donors (Lipinski definition) is 3. The van der Waals surface area contributed by atoms with Gasteiger partial charge < -0.3 is 39.0 Å². The van der Waals surface area contributed by atoms with Crippen molar-refractivity contribution in [2.45, 2.75) is 263 Å². The van der Waals surface area contributed by atoms with Gasteiger partial charge in [0.25, 0.3) is 0 Å². The first kappa shape index (κ1) is 63.4. The van der Waals surface area contributed by atoms with E-state index in [1.807, 2.05) is 0 Å². The van der Waals surface area contributed by atoms with Crippen LogP contribution in [0.1, 0.15) is 226 Å². The zero-order valence-corrected chi connectivity index (χ0v) is 43.3. The van der Waals surface area contributed by atoms with Crippen molar-refractivity contribution in [2.75, 3.05) is 13.2 Å². The van der Waals surface area contributed by atoms with Gasteiger partial charge in [-0.25, -0.2) is 4.79 Å². The van der Waals surface area contributed by atoms with E-state index >= 15 is 0 Å². The van der Waals surface area contributed by atoms with Crippen molar-refractivity contribution in [2.24, 2.45) is 0 Å². The number of aliphatic carboxylic acids is 1. The topological polar surface area (TPSA) is 175 Å². The molecule has 0 bridgehead atoms. The van der Waals surface area contributed by atoms with E-state index in [1.165, 1.54) is 51.4 Å². The van der Waals surface area contributed by atoms with Crippen LogP contribution in [0, 0.1) is 0 Å². The Morgan fingerprint density at radius 3 is 1.42 bits per heavy atom. The monoisotopic (exact) mass is 973 g/mol. The lowest BCUT2D eigenvalue weighted by Gasteiger charge is -2.40. The smallest absolute Gasteiger partial charge is 0.335 e. The van der Waals surface area contributed by atoms with Crippen molar-refractivity contribution >= 4 is 23.9 Å². The van der Waals surface area contributed by atoms with Crippen molar-refractivity contribution in [3.63, 3.8) is 0 Å². The van der Waals surface area contributed by atoms with Crippen LogP contribution in [0.5, 0.6) is 0 Å². The van der Waals surface area contributed by atoms with E-state index in [-0.39, 0.29) is 25.9 Å². The summed E-state index contributed by atoms with van der Waals surface area (Å²) in [5, 5.41) is 31.3. The molecule has 0 amide bonds. The molecule has 0 aromatic carbocycles. The second kappa shape index (κ2) is 45.6. The van der Waals surface area contributed by atoms with E-state index in [2.05, 4.69) is 81.5 Å². The Kier molecular flexibility index (Phi) is 41.9. The van der Waals surface area contributed by atoms with E-state index < -0.39 is 67.3 Å². The molecule has 6 atom stereocenters. The molecular formula is C57H96O12. The van der Waals surface area contributed by atoms with Crippen molar-refractivity contribution in [3.05, 3.63) is 60.8 Å². The Morgan fingerprint density at radius 1 is 0.493 bits per heavy atom. The van der Waals surface area contributed by atoms with Gasteiger partial charge in [0.15, 0.2) is 24.6 Å². The molecule has 0 aliphatic carbocycles. The maximum Gasteiger partial charge on any atom is 0.335 e. The van der Waals surface area contributed by atoms with Crippen LogP contribution in [0.15, 0.2) is 60.8 Å². The molecule has 0 radical (unpaired) electrons. The lowest BCUT2D eigenvalue weighted by Crippen LogP contribution is -2.61. The number of carboxylic acids is 1. The van der Waals surface area contributed by atoms with Crippen LogP contribution in [0.25, 0.3) is 0 Å². The van der Waals surface area contributed by atoms with Crippen molar-refractivity contribution in [1.29, 1.82) is 0 Å². The molecule has 0 saturated carbocycles. The fraction of sp³-hybridized carbons (Fsp3) is 0.754. The lowest BCUT2D eigenvalue weighted by atomic mass is 9.98. The summed E-state index contributed by atoms with van der Waals surface area (Å²) in [7, 11) is 0. The normalized spacial score (nSPS) is 19.1. The zero-order valence-electron chi connectivity index (χ0n) is 43.3. The minimum absolute atomic E-state index is 0.0575. The largest absolute Gasteiger partial charge is 0.479 e. The highest BCUT2D eigenvalue weighted by atomic mass is 16.7. The highest BCUT2D eigenvalue weighted by molar-refractivity contribution is 5.74. The Hall–Kier alpha value is -3.58. The van der Waals surface area contributed by atoms with Gasteiger partial charge in [-0.15, -0.1) is 0 Å². The maximum atomic E-state index is 13.1. The van der Waals surface area contributed by atoms with E-state index in [0.717, 1.165) is 116 Å². The van der Waals surface area contributed by atoms with Gasteiger partial charge in [0, 0.05) is 19.3 Å². The molecule has 0 aromatic heterocycles. The summed E-state index contributed by atoms with van der Waals surface area (Å²) in [6.45, 7) is 5.79. The highest BCUT2D eigenvalue weighted by Crippen LogP contribution is 2.26. The fourth-order valence-corrected chi connectivity index (χ4v) is 7.88. The summed E-state index contributed by atoms with van der Waals surface area (Å²) >= 11 is 0. The number of ether oxygens (including phenoxy) is 5. The Bertz CT molecular complexity index is 1440. The van der Waals surface area contributed by atoms with Crippen LogP contribution < -0.4 is 0 Å². The Balaban J connectivity index is 2.72. The first-order valence-corrected chi connectivity index (χ1v) is 27.3. The number of rotatable bonds is 45. The number of hydrogen-bond acceptors (Lipinski definition) is 11. The maximum absolute atomic E-state index is 13.1. The van der Waals surface area contributed by atoms with E-state index in [1.54, 1.807) is 0 Å². The second-order valence-corrected chi connectivity index (χ2v) is 18.5. The molecule has 1 heterocycles. The second-order valence-electron chi connectivity index (χ2n) is 18.5. The molecule has 396 valence electrons. The van der Waals surface area contributed by atoms with Crippen molar-refractivity contribution < 1.29 is 58.2 Å². The summed E-state index contributed by atoms with van der Waals surface area (Å²) in [5.74, 6) is -3.16. The van der Waals surface area contributed by atoms with Crippen LogP contribution in [0.3, 0.4) is 0 Å². The van der Waals surface area contributed by atoms with E-state index in [0.29, 0.717) is 19.3 Å². The van der Waals surface area contributed by atoms with Gasteiger partial charge in [0.1, 0.15) is 18.8 Å². The van der Waals surface area contributed by atoms with Crippen molar-refractivity contribution in [3.8, 4) is 0 Å². The van der Waals surface area contributed by atoms with Gasteiger partial charge in [-0.1, -0.05) is 184 Å². The number of aliphatic hydroxyl groups is 2. The van der Waals surface area contributed by atoms with Gasteiger partial charge in [-0.2, -0.15) is 0 Å². The van der Waals surface area contributed by atoms with E-state index in [4.69, 9.17) is 23.7 Å². The SMILES string of the molecule is CC/C=C\C/C=C\C/C=C\C/C=C\CCCCCCC(=O)OCC(COC1OC(C(=O)O)C(O)C(O)C1OC(=O)CCCCCCCCCCC)OC(=O)CCCCCCC/C=C\CCCCCC. The molecule has 69 heavy (non-hydrogen) atoms. The van der Waals surface area contributed by atoms with Crippen molar-refractivity contribution in [1.82, 2.24) is 0 Å². The number of aliphatic hydroxyl groups excluding tert-OH is 2. The molecule has 3 N–H and O–H groups in total. The number of carbonyl (C=O) groups excluding carboxylic acids is 3. The van der Waals surface area contributed by atoms with Crippen LogP contribution >= 0.6 is 0 Å². The molecule has 0 spiro atoms. The molecular weight excluding hydrogens is 877 g/mol. The van der Waals surface area contributed by atoms with Crippen LogP contribution in [-0.4, -0.2) is 89.2 Å². The quantitative estimate of drug-likeness (QED) is 0.0228. The molecule has 12 heteroatoms. The fourth-order valence-electron chi connectivity index (χ4n) is 7.88. The first-order chi connectivity index (χ1) is 33.6. The molecule has 1 rings (SSSR count). The number of unbranched alkanes of at least 4 members (excludes halogenated alkanes) is 21. The molecule has 1 aliphatic heterocycles. The summed E-state index contributed by atoms with van der Waals surface area (Å²) in [6, 6.07) is 0. The molecule has 1 fully saturated rings. The molecule has 6 unspecified atom stereocenters. The molecule has 0 aromatic rings. The average Bonchev–Trinajstić information content (AvgIpc) is 3.33. The standard InChI is InChI=1S/C57H96O12/c1-4-7-10-13-16-19-21-23-24-25-26-28-29-32-34-37-40-43-49(58)65-46-48(67-50(59)44-41-38-36-33-30-27-22-20-17-14-11-8-5-2)47-66-57-55(53(62)52(61)54(69-57)56(63)64)68-51(60)45-42-39-35-31-18-15-12-9-6-3/h7,10,16,19-20,22-24,26,28,48,52-55,57,61-62H,4-6,8-9,11-15,17-18,21,25,27,29-47H2,1-3H3,(H,63,64)/b10-7-,19-16-,22-20-,24-23-,28-26-. The Morgan fingerprint density at radius 2 is 0.913 bits per heavy atom. The van der Waals surface area contributed by atoms with E-state index in [9.17, 15) is 34.5 Å². The van der Waals surface area contributed by atoms with Crippen LogP contribution in [0.4, 0.5) is 0 Å². The summed E-state index contributed by atoms with van der Waals surface area (Å²) in [5.41, 5.74) is 0. The third-order valence-electron chi connectivity index (χ3n) is 12.1. The minimum atomic E-state index is -1.90. The number of carbonyl (C=O) groups is 4. The summed E-state index contributed by atoms with van der Waals surface area (Å²) in [4.78, 5) is 50.8. The number of allylic oxidation sites excluding steroid dienone is 10. The Labute approximate surface area is 417 Å². The lowest BCUT2D eigenvalue weighted by molar-refractivity contribution is -0.301. The molecule has 1 aliphatic rings. The highest BCUT2D eigenvalue weighted by Gasteiger charge is 2.50. The van der Waals surface area contributed by atoms with Gasteiger partial charge in [-0.3, -0.25) is 14.4 Å². The zero-order chi connectivity index (χ0) is 50.4. The molecule has 12 nitrogen and oxygen atoms in total. The summed E-state index contributed by atoms with van der Waals surface area (Å²) in [6.07, 6.45) is 42.1. The number of esters is 3. The van der Waals surface area contributed by atoms with Crippen LogP contribution in [0.2, 0.25) is 0 Å². The third-order valence-corrected chi connectivity index (χ3v) is 12.1. The predicted molar refractivity (Wildman–Crippen MR) is 275 cm³/mol. The van der Waals surface area contributed by atoms with Gasteiger partial charge in [0.05, 0.1) is 6.61 Å². The van der Waals surface area contributed by atoms with Crippen LogP contribution in [-0.2, 0) is 42.9 Å². The summed E-state index contributed by atoms with van der Waals surface area (Å²) < 4.78 is 28.3.